The number of aliphatic hydroxyl groups is 1. The van der Waals surface area contributed by atoms with E-state index in [2.05, 4.69) is 0 Å². The Morgan fingerprint density at radius 1 is 1.32 bits per heavy atom. The third kappa shape index (κ3) is 1.96. The lowest BCUT2D eigenvalue weighted by Crippen LogP contribution is -2.26. The topological polar surface area (TPSA) is 29.5 Å². The molecule has 102 valence electrons. The summed E-state index contributed by atoms with van der Waals surface area (Å²) in [5.74, 6) is 2.79. The fourth-order valence-electron chi connectivity index (χ4n) is 4.22. The Labute approximate surface area is 118 Å². The first-order chi connectivity index (χ1) is 9.19. The third-order valence-electron chi connectivity index (χ3n) is 5.19. The largest absolute Gasteiger partial charge is 0.493 e. The highest BCUT2D eigenvalue weighted by Crippen LogP contribution is 2.61. The summed E-state index contributed by atoms with van der Waals surface area (Å²) in [6.45, 7) is 1.06. The van der Waals surface area contributed by atoms with Crippen molar-refractivity contribution in [1.82, 2.24) is 0 Å². The van der Waals surface area contributed by atoms with Gasteiger partial charge in [0.05, 0.1) is 6.61 Å². The molecular formula is C16H19ClO2. The Balaban J connectivity index is 1.66. The number of hydrogen-bond acceptors (Lipinski definition) is 2. The van der Waals surface area contributed by atoms with Gasteiger partial charge in [-0.3, -0.25) is 0 Å². The molecule has 2 unspecified atom stereocenters. The van der Waals surface area contributed by atoms with Gasteiger partial charge >= 0.3 is 0 Å². The maximum Gasteiger partial charge on any atom is 0.125 e. The Bertz CT molecular complexity index is 516. The lowest BCUT2D eigenvalue weighted by atomic mass is 9.78. The lowest BCUT2D eigenvalue weighted by molar-refractivity contribution is 0.116. The van der Waals surface area contributed by atoms with E-state index in [-0.39, 0.29) is 5.41 Å². The van der Waals surface area contributed by atoms with Crippen molar-refractivity contribution in [3.05, 3.63) is 28.3 Å². The third-order valence-corrected chi connectivity index (χ3v) is 5.40. The van der Waals surface area contributed by atoms with Gasteiger partial charge in [0, 0.05) is 18.1 Å². The molecule has 0 amide bonds. The van der Waals surface area contributed by atoms with Crippen LogP contribution < -0.4 is 4.74 Å². The molecule has 0 spiro atoms. The van der Waals surface area contributed by atoms with Gasteiger partial charge in [-0.05, 0) is 66.2 Å². The van der Waals surface area contributed by atoms with Crippen LogP contribution in [0.2, 0.25) is 5.02 Å². The smallest absolute Gasteiger partial charge is 0.125 e. The molecule has 0 bridgehead atoms. The zero-order valence-corrected chi connectivity index (χ0v) is 11.7. The lowest BCUT2D eigenvalue weighted by Gasteiger charge is -2.29. The molecule has 1 aromatic carbocycles. The van der Waals surface area contributed by atoms with Crippen molar-refractivity contribution < 1.29 is 9.84 Å². The number of halogens is 1. The van der Waals surface area contributed by atoms with Gasteiger partial charge in [-0.25, -0.2) is 0 Å². The van der Waals surface area contributed by atoms with Crippen molar-refractivity contribution in [3.8, 4) is 5.75 Å². The van der Waals surface area contributed by atoms with Crippen molar-refractivity contribution in [2.24, 2.45) is 17.3 Å². The fraction of sp³-hybridized carbons (Fsp3) is 0.625. The van der Waals surface area contributed by atoms with Crippen LogP contribution in [0.4, 0.5) is 0 Å². The first-order valence-electron chi connectivity index (χ1n) is 7.24. The zero-order chi connectivity index (χ0) is 13.0. The molecule has 3 aliphatic rings. The van der Waals surface area contributed by atoms with E-state index in [0.717, 1.165) is 42.1 Å². The molecule has 0 radical (unpaired) electrons. The predicted molar refractivity (Wildman–Crippen MR) is 74.7 cm³/mol. The monoisotopic (exact) mass is 278 g/mol. The van der Waals surface area contributed by atoms with Crippen LogP contribution in [0.1, 0.15) is 30.4 Å². The number of hydrogen-bond donors (Lipinski definition) is 1. The highest BCUT2D eigenvalue weighted by Gasteiger charge is 2.53. The van der Waals surface area contributed by atoms with E-state index in [1.807, 2.05) is 12.1 Å². The number of aliphatic hydroxyl groups excluding tert-OH is 1. The van der Waals surface area contributed by atoms with Crippen molar-refractivity contribution in [2.75, 3.05) is 13.2 Å². The molecule has 2 nitrogen and oxygen atoms in total. The highest BCUT2D eigenvalue weighted by molar-refractivity contribution is 6.30. The van der Waals surface area contributed by atoms with E-state index >= 15 is 0 Å². The van der Waals surface area contributed by atoms with Crippen LogP contribution in [0.5, 0.6) is 5.75 Å². The molecule has 2 atom stereocenters. The number of rotatable bonds is 3. The fourth-order valence-corrected chi connectivity index (χ4v) is 4.48. The van der Waals surface area contributed by atoms with Crippen molar-refractivity contribution >= 4 is 11.6 Å². The Morgan fingerprint density at radius 2 is 2.11 bits per heavy atom. The van der Waals surface area contributed by atoms with E-state index in [0.29, 0.717) is 6.61 Å². The molecule has 1 N–H and O–H groups in total. The Hall–Kier alpha value is -0.730. The summed E-state index contributed by atoms with van der Waals surface area (Å²) in [7, 11) is 0. The number of benzene rings is 1. The number of fused-ring (bicyclic) bond motifs is 2. The average Bonchev–Trinajstić information content (AvgIpc) is 2.82. The minimum atomic E-state index is 0.0813. The quantitative estimate of drug-likeness (QED) is 0.920. The molecule has 1 aromatic rings. The second-order valence-electron chi connectivity index (χ2n) is 6.65. The van der Waals surface area contributed by atoms with Crippen LogP contribution in [-0.4, -0.2) is 18.3 Å². The van der Waals surface area contributed by atoms with Gasteiger partial charge in [-0.15, -0.1) is 0 Å². The van der Waals surface area contributed by atoms with E-state index < -0.39 is 0 Å². The predicted octanol–water partition coefficient (Wildman–Crippen LogP) is 3.23. The molecule has 2 fully saturated rings. The molecule has 0 saturated heterocycles. The van der Waals surface area contributed by atoms with Crippen molar-refractivity contribution in [2.45, 2.75) is 32.1 Å². The Kier molecular flexibility index (Phi) is 2.62. The summed E-state index contributed by atoms with van der Waals surface area (Å²) in [6, 6.07) is 4.05. The first-order valence-corrected chi connectivity index (χ1v) is 7.62. The molecule has 1 heterocycles. The van der Waals surface area contributed by atoms with E-state index in [9.17, 15) is 5.11 Å². The summed E-state index contributed by atoms with van der Waals surface area (Å²) in [4.78, 5) is 0. The van der Waals surface area contributed by atoms with E-state index in [1.54, 1.807) is 0 Å². The SMILES string of the molecule is OCC1(Cc2cc(Cl)cc3c2OCC3)CC2CC2C1. The summed E-state index contributed by atoms with van der Waals surface area (Å²) in [5, 5.41) is 10.7. The normalized spacial score (nSPS) is 34.8. The first kappa shape index (κ1) is 12.0. The average molecular weight is 279 g/mol. The maximum absolute atomic E-state index is 9.86. The van der Waals surface area contributed by atoms with Crippen molar-refractivity contribution in [1.29, 1.82) is 0 Å². The molecule has 3 heteroatoms. The van der Waals surface area contributed by atoms with Crippen molar-refractivity contribution in [3.63, 3.8) is 0 Å². The van der Waals surface area contributed by atoms with Gasteiger partial charge in [-0.1, -0.05) is 11.6 Å². The van der Waals surface area contributed by atoms with Gasteiger partial charge in [-0.2, -0.15) is 0 Å². The maximum atomic E-state index is 9.86. The Morgan fingerprint density at radius 3 is 2.84 bits per heavy atom. The molecule has 4 rings (SSSR count). The van der Waals surface area contributed by atoms with Crippen LogP contribution in [0.3, 0.4) is 0 Å². The van der Waals surface area contributed by atoms with Gasteiger partial charge in [0.25, 0.3) is 0 Å². The summed E-state index contributed by atoms with van der Waals surface area (Å²) < 4.78 is 5.78. The standard InChI is InChI=1S/C16H19ClO2/c17-14-4-10-1-2-19-15(10)13(5-14)8-16(9-18)6-11-3-12(11)7-16/h4-5,11-12,18H,1-3,6-9H2. The summed E-state index contributed by atoms with van der Waals surface area (Å²) >= 11 is 6.22. The second-order valence-corrected chi connectivity index (χ2v) is 7.09. The van der Waals surface area contributed by atoms with Crippen LogP contribution in [-0.2, 0) is 12.8 Å². The summed E-state index contributed by atoms with van der Waals surface area (Å²) in [5.41, 5.74) is 2.52. The molecule has 0 aromatic heterocycles. The van der Waals surface area contributed by atoms with Crippen LogP contribution in [0.25, 0.3) is 0 Å². The van der Waals surface area contributed by atoms with Gasteiger partial charge in [0.1, 0.15) is 5.75 Å². The molecular weight excluding hydrogens is 260 g/mol. The molecule has 2 saturated carbocycles. The van der Waals surface area contributed by atoms with Crippen LogP contribution >= 0.6 is 11.6 Å². The molecule has 1 aliphatic heterocycles. The van der Waals surface area contributed by atoms with E-state index in [1.165, 1.54) is 30.4 Å². The minimum Gasteiger partial charge on any atom is -0.493 e. The van der Waals surface area contributed by atoms with E-state index in [4.69, 9.17) is 16.3 Å². The van der Waals surface area contributed by atoms with Gasteiger partial charge in [0.15, 0.2) is 0 Å². The summed E-state index contributed by atoms with van der Waals surface area (Å²) in [6.07, 6.45) is 5.61. The van der Waals surface area contributed by atoms with Gasteiger partial charge in [0.2, 0.25) is 0 Å². The van der Waals surface area contributed by atoms with Crippen LogP contribution in [0, 0.1) is 17.3 Å². The molecule has 19 heavy (non-hydrogen) atoms. The minimum absolute atomic E-state index is 0.0813. The number of ether oxygens (including phenoxy) is 1. The zero-order valence-electron chi connectivity index (χ0n) is 11.0. The highest BCUT2D eigenvalue weighted by atomic mass is 35.5. The van der Waals surface area contributed by atoms with Crippen LogP contribution in [0.15, 0.2) is 12.1 Å². The van der Waals surface area contributed by atoms with Gasteiger partial charge < -0.3 is 9.84 Å². The molecule has 2 aliphatic carbocycles. The second kappa shape index (κ2) is 4.13.